The van der Waals surface area contributed by atoms with Crippen molar-refractivity contribution in [3.8, 4) is 23.0 Å². The van der Waals surface area contributed by atoms with Crippen molar-refractivity contribution in [1.82, 2.24) is 4.31 Å². The molecule has 8 heteroatoms. The average molecular weight is 560 g/mol. The number of aryl methyl sites for hydroxylation is 2. The van der Waals surface area contributed by atoms with Crippen LogP contribution in [-0.2, 0) is 29.6 Å². The van der Waals surface area contributed by atoms with Crippen LogP contribution in [0.15, 0.2) is 83.8 Å². The molecule has 1 N–H and O–H groups in total. The smallest absolute Gasteiger partial charge is 0.243 e. The third-order valence-corrected chi connectivity index (χ3v) is 9.23. The van der Waals surface area contributed by atoms with Gasteiger partial charge in [0.1, 0.15) is 6.61 Å². The molecule has 1 heterocycles. The van der Waals surface area contributed by atoms with E-state index in [1.807, 2.05) is 55.5 Å². The minimum atomic E-state index is -3.93. The molecule has 0 radical (unpaired) electrons. The summed E-state index contributed by atoms with van der Waals surface area (Å²) in [5, 5.41) is 10.5. The van der Waals surface area contributed by atoms with Crippen LogP contribution in [0.1, 0.15) is 39.4 Å². The van der Waals surface area contributed by atoms with Crippen LogP contribution >= 0.6 is 0 Å². The van der Waals surface area contributed by atoms with E-state index in [1.54, 1.807) is 44.4 Å². The summed E-state index contributed by atoms with van der Waals surface area (Å²) in [6, 6.07) is 23.5. The lowest BCUT2D eigenvalue weighted by atomic mass is 9.90. The van der Waals surface area contributed by atoms with Gasteiger partial charge in [-0.1, -0.05) is 60.2 Å². The van der Waals surface area contributed by atoms with Gasteiger partial charge in [-0.15, -0.1) is 0 Å². The third-order valence-electron chi connectivity index (χ3n) is 7.36. The zero-order valence-corrected chi connectivity index (χ0v) is 23.9. The van der Waals surface area contributed by atoms with Gasteiger partial charge in [-0.25, -0.2) is 8.42 Å². The Morgan fingerprint density at radius 2 is 1.60 bits per heavy atom. The topological polar surface area (TPSA) is 85.3 Å². The summed E-state index contributed by atoms with van der Waals surface area (Å²) in [4.78, 5) is 0.212. The minimum Gasteiger partial charge on any atom is -0.504 e. The van der Waals surface area contributed by atoms with Crippen LogP contribution < -0.4 is 14.2 Å². The highest BCUT2D eigenvalue weighted by atomic mass is 32.2. The third kappa shape index (κ3) is 5.24. The molecule has 1 aliphatic rings. The van der Waals surface area contributed by atoms with Gasteiger partial charge in [0.05, 0.1) is 25.2 Å². The molecule has 4 aromatic rings. The van der Waals surface area contributed by atoms with E-state index >= 15 is 0 Å². The van der Waals surface area contributed by atoms with E-state index in [2.05, 4.69) is 0 Å². The fourth-order valence-corrected chi connectivity index (χ4v) is 6.72. The second kappa shape index (κ2) is 11.2. The highest BCUT2D eigenvalue weighted by molar-refractivity contribution is 7.89. The van der Waals surface area contributed by atoms with Gasteiger partial charge in [-0.3, -0.25) is 0 Å². The number of fused-ring (bicyclic) bond motifs is 1. The summed E-state index contributed by atoms with van der Waals surface area (Å²) in [7, 11) is -0.869. The molecule has 40 heavy (non-hydrogen) atoms. The lowest BCUT2D eigenvalue weighted by molar-refractivity contribution is 0.257. The van der Waals surface area contributed by atoms with Crippen molar-refractivity contribution >= 4 is 10.0 Å². The fraction of sp³-hybridized carbons (Fsp3) is 0.250. The van der Waals surface area contributed by atoms with Crippen molar-refractivity contribution in [2.75, 3.05) is 14.2 Å². The predicted octanol–water partition coefficient (Wildman–Crippen LogP) is 6.09. The summed E-state index contributed by atoms with van der Waals surface area (Å²) in [5.74, 6) is 1.42. The Kier molecular flexibility index (Phi) is 7.74. The maximum absolute atomic E-state index is 14.2. The molecule has 0 bridgehead atoms. The zero-order valence-electron chi connectivity index (χ0n) is 23.0. The second-order valence-corrected chi connectivity index (χ2v) is 11.9. The van der Waals surface area contributed by atoms with Crippen molar-refractivity contribution in [2.45, 2.75) is 44.4 Å². The SMILES string of the molecule is COc1cc(C2Cc3ccc(OC)c(OCc4ccccc4)c3CN2S(=O)(=O)c2ccc(C)cc2)cc(C)c1O. The number of ether oxygens (including phenoxy) is 3. The van der Waals surface area contributed by atoms with Crippen LogP contribution in [-0.4, -0.2) is 32.0 Å². The molecule has 0 aromatic heterocycles. The molecule has 0 aliphatic carbocycles. The number of phenolic OH excluding ortho intramolecular Hbond substituents is 1. The number of benzene rings is 4. The van der Waals surface area contributed by atoms with Gasteiger partial charge in [0, 0.05) is 12.1 Å². The molecule has 0 fully saturated rings. The number of nitrogens with zero attached hydrogens (tertiary/aromatic N) is 1. The summed E-state index contributed by atoms with van der Waals surface area (Å²) in [6.07, 6.45) is 0.402. The van der Waals surface area contributed by atoms with Crippen molar-refractivity contribution < 1.29 is 27.7 Å². The van der Waals surface area contributed by atoms with Gasteiger partial charge in [0.2, 0.25) is 10.0 Å². The highest BCUT2D eigenvalue weighted by Crippen LogP contribution is 2.45. The number of hydrogen-bond acceptors (Lipinski definition) is 6. The Morgan fingerprint density at radius 3 is 2.27 bits per heavy atom. The van der Waals surface area contributed by atoms with E-state index in [4.69, 9.17) is 14.2 Å². The first-order valence-electron chi connectivity index (χ1n) is 13.0. The summed E-state index contributed by atoms with van der Waals surface area (Å²) in [6.45, 7) is 4.09. The quantitative estimate of drug-likeness (QED) is 0.281. The second-order valence-electron chi connectivity index (χ2n) is 9.98. The van der Waals surface area contributed by atoms with Crippen molar-refractivity contribution in [1.29, 1.82) is 0 Å². The lowest BCUT2D eigenvalue weighted by Gasteiger charge is -2.37. The van der Waals surface area contributed by atoms with Gasteiger partial charge in [0.15, 0.2) is 23.0 Å². The van der Waals surface area contributed by atoms with Crippen molar-refractivity contribution in [3.63, 3.8) is 0 Å². The molecule has 0 saturated carbocycles. The predicted molar refractivity (Wildman–Crippen MR) is 154 cm³/mol. The van der Waals surface area contributed by atoms with Crippen LogP contribution in [0.3, 0.4) is 0 Å². The highest BCUT2D eigenvalue weighted by Gasteiger charge is 2.39. The monoisotopic (exact) mass is 559 g/mol. The molecule has 0 saturated heterocycles. The number of methoxy groups -OCH3 is 2. The average Bonchev–Trinajstić information content (AvgIpc) is 2.97. The molecule has 208 valence electrons. The molecule has 1 aliphatic heterocycles. The Morgan fingerprint density at radius 1 is 0.900 bits per heavy atom. The number of rotatable bonds is 8. The molecular weight excluding hydrogens is 526 g/mol. The van der Waals surface area contributed by atoms with E-state index in [0.29, 0.717) is 35.8 Å². The molecule has 0 spiro atoms. The molecule has 0 amide bonds. The van der Waals surface area contributed by atoms with Crippen molar-refractivity contribution in [3.05, 3.63) is 112 Å². The van der Waals surface area contributed by atoms with E-state index in [1.165, 1.54) is 11.4 Å². The Bertz CT molecular complexity index is 1620. The molecule has 7 nitrogen and oxygen atoms in total. The molecular formula is C32H33NO6S. The largest absolute Gasteiger partial charge is 0.504 e. The van der Waals surface area contributed by atoms with Crippen LogP contribution in [0.4, 0.5) is 0 Å². The van der Waals surface area contributed by atoms with Gasteiger partial charge in [-0.05, 0) is 66.8 Å². The van der Waals surface area contributed by atoms with Gasteiger partial charge < -0.3 is 19.3 Å². The first kappa shape index (κ1) is 27.6. The molecule has 1 atom stereocenters. The Balaban J connectivity index is 1.64. The first-order valence-corrected chi connectivity index (χ1v) is 14.5. The molecule has 1 unspecified atom stereocenters. The van der Waals surface area contributed by atoms with E-state index < -0.39 is 16.1 Å². The van der Waals surface area contributed by atoms with Gasteiger partial charge in [-0.2, -0.15) is 4.31 Å². The van der Waals surface area contributed by atoms with E-state index in [0.717, 1.165) is 27.8 Å². The number of aromatic hydroxyl groups is 1. The van der Waals surface area contributed by atoms with Crippen LogP contribution in [0.25, 0.3) is 0 Å². The van der Waals surface area contributed by atoms with E-state index in [-0.39, 0.29) is 17.2 Å². The Hall–Kier alpha value is -4.01. The molecule has 4 aromatic carbocycles. The van der Waals surface area contributed by atoms with E-state index in [9.17, 15) is 13.5 Å². The summed E-state index contributed by atoms with van der Waals surface area (Å²) >= 11 is 0. The summed E-state index contributed by atoms with van der Waals surface area (Å²) < 4.78 is 47.3. The standard InChI is InChI=1S/C32H33NO6S/c1-21-10-13-26(14-11-21)40(35,36)33-19-27-24(17-28(33)25-16-22(2)31(34)30(18-25)38-4)12-15-29(37-3)32(27)39-20-23-8-6-5-7-9-23/h5-16,18,28,34H,17,19-20H2,1-4H3. The number of phenols is 1. The summed E-state index contributed by atoms with van der Waals surface area (Å²) in [5.41, 5.74) is 5.04. The van der Waals surface area contributed by atoms with Crippen LogP contribution in [0.2, 0.25) is 0 Å². The van der Waals surface area contributed by atoms with Gasteiger partial charge >= 0.3 is 0 Å². The zero-order chi connectivity index (χ0) is 28.4. The number of sulfonamides is 1. The maximum atomic E-state index is 14.2. The molecule has 5 rings (SSSR count). The first-order chi connectivity index (χ1) is 19.2. The van der Waals surface area contributed by atoms with Crippen LogP contribution in [0.5, 0.6) is 23.0 Å². The number of hydrogen-bond donors (Lipinski definition) is 1. The van der Waals surface area contributed by atoms with Crippen LogP contribution in [0, 0.1) is 13.8 Å². The van der Waals surface area contributed by atoms with Crippen molar-refractivity contribution in [2.24, 2.45) is 0 Å². The Labute approximate surface area is 235 Å². The van der Waals surface area contributed by atoms with Gasteiger partial charge in [0.25, 0.3) is 0 Å². The minimum absolute atomic E-state index is 0.0386. The lowest BCUT2D eigenvalue weighted by Crippen LogP contribution is -2.39. The fourth-order valence-electron chi connectivity index (χ4n) is 5.14. The maximum Gasteiger partial charge on any atom is 0.243 e. The normalized spacial score (nSPS) is 15.3.